The van der Waals surface area contributed by atoms with Crippen molar-refractivity contribution in [1.82, 2.24) is 30.3 Å². The van der Waals surface area contributed by atoms with Crippen molar-refractivity contribution in [3.63, 3.8) is 0 Å². The molecule has 4 atom stereocenters. The zero-order valence-electron chi connectivity index (χ0n) is 31.8. The second-order valence-electron chi connectivity index (χ2n) is 15.6. The number of aromatic nitrogens is 3. The predicted octanol–water partition coefficient (Wildman–Crippen LogP) is 5.43. The van der Waals surface area contributed by atoms with E-state index in [4.69, 9.17) is 5.73 Å². The molecular formula is C41H52N8O4S. The molecule has 0 unspecified atom stereocenters. The summed E-state index contributed by atoms with van der Waals surface area (Å²) >= 11 is 1.62. The molecule has 2 aliphatic rings. The summed E-state index contributed by atoms with van der Waals surface area (Å²) in [6, 6.07) is 16.7. The highest BCUT2D eigenvalue weighted by atomic mass is 32.1. The molecule has 4 heterocycles. The molecule has 2 saturated heterocycles. The minimum absolute atomic E-state index is 0.00231. The summed E-state index contributed by atoms with van der Waals surface area (Å²) in [6.07, 6.45) is -0.190. The van der Waals surface area contributed by atoms with E-state index in [1.165, 1.54) is 0 Å². The number of ketones is 1. The molecule has 54 heavy (non-hydrogen) atoms. The van der Waals surface area contributed by atoms with Gasteiger partial charge in [0.05, 0.1) is 46.2 Å². The summed E-state index contributed by atoms with van der Waals surface area (Å²) in [7, 11) is 0. The van der Waals surface area contributed by atoms with E-state index >= 15 is 0 Å². The largest absolute Gasteiger partial charge is 0.507 e. The molecule has 13 heteroatoms. The highest BCUT2D eigenvalue weighted by molar-refractivity contribution is 7.13. The number of Topliss-reactive ketones (excluding diaryl/α,β-unsaturated/α-hetero) is 1. The maximum atomic E-state index is 14.3. The SMILES string of the molecule is C=C(N[C@@H](C)c1ccc(-c2scnc2C)cc1)[C@H]1C[C@H](O)CN1C(=O)[C@@H](CC(=O)CN1CCN(c2cc(-c3ccccc3O)nnc2N)CC1)C(C)(C)C. The van der Waals surface area contributed by atoms with Crippen molar-refractivity contribution in [3.8, 4) is 27.4 Å². The molecule has 0 saturated carbocycles. The number of amides is 1. The van der Waals surface area contributed by atoms with Crippen LogP contribution in [0.4, 0.5) is 11.5 Å². The van der Waals surface area contributed by atoms with Crippen LogP contribution < -0.4 is 16.0 Å². The van der Waals surface area contributed by atoms with E-state index in [9.17, 15) is 19.8 Å². The first-order chi connectivity index (χ1) is 25.7. The number of nitrogen functional groups attached to an aromatic ring is 1. The molecule has 286 valence electrons. The van der Waals surface area contributed by atoms with Gasteiger partial charge in [-0.3, -0.25) is 14.5 Å². The number of thiazole rings is 1. The highest BCUT2D eigenvalue weighted by Gasteiger charge is 2.43. The second-order valence-corrected chi connectivity index (χ2v) is 16.5. The Labute approximate surface area is 321 Å². The van der Waals surface area contributed by atoms with E-state index in [1.54, 1.807) is 34.4 Å². The minimum atomic E-state index is -0.679. The Morgan fingerprint density at radius 2 is 1.78 bits per heavy atom. The zero-order valence-corrected chi connectivity index (χ0v) is 32.6. The number of nitrogens with one attached hydrogen (secondary N) is 1. The van der Waals surface area contributed by atoms with E-state index in [0.29, 0.717) is 55.4 Å². The number of carbonyl (C=O) groups is 2. The average Bonchev–Trinajstić information content (AvgIpc) is 3.76. The van der Waals surface area contributed by atoms with Crippen LogP contribution in [0.2, 0.25) is 0 Å². The summed E-state index contributed by atoms with van der Waals surface area (Å²) in [5, 5.41) is 32.9. The summed E-state index contributed by atoms with van der Waals surface area (Å²) in [5.41, 5.74) is 13.3. The van der Waals surface area contributed by atoms with Gasteiger partial charge in [0, 0.05) is 68.8 Å². The van der Waals surface area contributed by atoms with Gasteiger partial charge in [-0.2, -0.15) is 0 Å². The van der Waals surface area contributed by atoms with Gasteiger partial charge in [0.25, 0.3) is 0 Å². The van der Waals surface area contributed by atoms with Crippen molar-refractivity contribution in [2.75, 3.05) is 49.9 Å². The first-order valence-corrected chi connectivity index (χ1v) is 19.4. The first-order valence-electron chi connectivity index (χ1n) is 18.5. The number of nitrogens with two attached hydrogens (primary N) is 1. The Bertz CT molecular complexity index is 1970. The number of phenolic OH excluding ortho intramolecular Hbond substituents is 1. The van der Waals surface area contributed by atoms with Gasteiger partial charge in [-0.1, -0.05) is 63.7 Å². The molecule has 6 rings (SSSR count). The number of hydrogen-bond donors (Lipinski definition) is 4. The van der Waals surface area contributed by atoms with Crippen LogP contribution in [0, 0.1) is 18.3 Å². The van der Waals surface area contributed by atoms with Crippen molar-refractivity contribution in [2.24, 2.45) is 11.3 Å². The molecule has 0 radical (unpaired) electrons. The van der Waals surface area contributed by atoms with Crippen molar-refractivity contribution in [1.29, 1.82) is 0 Å². The van der Waals surface area contributed by atoms with Crippen LogP contribution in [0.5, 0.6) is 5.75 Å². The number of aromatic hydroxyl groups is 1. The lowest BCUT2D eigenvalue weighted by Gasteiger charge is -2.38. The fourth-order valence-corrected chi connectivity index (χ4v) is 8.28. The Kier molecular flexibility index (Phi) is 11.7. The third-order valence-electron chi connectivity index (χ3n) is 10.7. The molecule has 0 spiro atoms. The number of aliphatic hydroxyl groups is 1. The topological polar surface area (TPSA) is 161 Å². The van der Waals surface area contributed by atoms with E-state index in [-0.39, 0.29) is 43.0 Å². The molecule has 2 fully saturated rings. The molecule has 0 aliphatic carbocycles. The lowest BCUT2D eigenvalue weighted by atomic mass is 9.76. The number of β-amino-alcohol motifs (C(OH)–C–C–N with tert-alkyl or cyclic N) is 1. The fraction of sp³-hybridized carbons (Fsp3) is 0.439. The summed E-state index contributed by atoms with van der Waals surface area (Å²) < 4.78 is 0. The number of hydrogen-bond acceptors (Lipinski definition) is 12. The first kappa shape index (κ1) is 38.9. The van der Waals surface area contributed by atoms with Crippen LogP contribution in [0.25, 0.3) is 21.7 Å². The van der Waals surface area contributed by atoms with Crippen LogP contribution in [0.15, 0.2) is 72.4 Å². The van der Waals surface area contributed by atoms with E-state index < -0.39 is 23.5 Å². The highest BCUT2D eigenvalue weighted by Crippen LogP contribution is 2.36. The molecule has 1 amide bonds. The third-order valence-corrected chi connectivity index (χ3v) is 11.6. The van der Waals surface area contributed by atoms with Gasteiger partial charge in [-0.25, -0.2) is 4.98 Å². The summed E-state index contributed by atoms with van der Waals surface area (Å²) in [6.45, 7) is 17.3. The minimum Gasteiger partial charge on any atom is -0.507 e. The number of carbonyl (C=O) groups excluding carboxylic acids is 2. The molecule has 12 nitrogen and oxygen atoms in total. The number of likely N-dealkylation sites (tertiary alicyclic amines) is 1. The Balaban J connectivity index is 1.06. The molecule has 4 aromatic rings. The Morgan fingerprint density at radius 1 is 1.07 bits per heavy atom. The predicted molar refractivity (Wildman–Crippen MR) is 214 cm³/mol. The molecule has 2 aromatic carbocycles. The maximum absolute atomic E-state index is 14.3. The van der Waals surface area contributed by atoms with Crippen molar-refractivity contribution in [3.05, 3.63) is 83.6 Å². The average molecular weight is 753 g/mol. The maximum Gasteiger partial charge on any atom is 0.227 e. The number of anilines is 2. The van der Waals surface area contributed by atoms with Gasteiger partial charge in [0.15, 0.2) is 5.82 Å². The molecule has 5 N–H and O–H groups in total. The summed E-state index contributed by atoms with van der Waals surface area (Å²) in [5.74, 6) is -0.279. The number of nitrogens with zero attached hydrogens (tertiary/aromatic N) is 6. The van der Waals surface area contributed by atoms with Crippen LogP contribution in [-0.2, 0) is 9.59 Å². The van der Waals surface area contributed by atoms with Crippen molar-refractivity contribution >= 4 is 34.5 Å². The lowest BCUT2D eigenvalue weighted by Crippen LogP contribution is -2.49. The quantitative estimate of drug-likeness (QED) is 0.146. The normalized spacial score (nSPS) is 19.1. The third kappa shape index (κ3) is 8.75. The standard InChI is InChI=1S/C41H52N8O4S/c1-25(28-11-13-29(14-12-28)38-27(3)43-24-54-38)44-26(2)35-20-31(51)23-49(35)40(53)33(41(4,5)6)19-30(50)22-47-15-17-48(18-16-47)36-21-34(45-46-39(36)42)32-9-7-8-10-37(32)52/h7-14,21,24-25,31,33,35,44,51-52H,2,15-20,22-23H2,1,3-6H3,(H2,42,46)/t25-,31-,33+,35+/m0/s1. The fourth-order valence-electron chi connectivity index (χ4n) is 7.47. The number of phenols is 1. The van der Waals surface area contributed by atoms with Gasteiger partial charge < -0.3 is 31.1 Å². The lowest BCUT2D eigenvalue weighted by molar-refractivity contribution is -0.142. The van der Waals surface area contributed by atoms with E-state index in [0.717, 1.165) is 27.4 Å². The van der Waals surface area contributed by atoms with E-state index in [2.05, 4.69) is 68.1 Å². The van der Waals surface area contributed by atoms with Crippen LogP contribution in [-0.4, -0.2) is 98.3 Å². The summed E-state index contributed by atoms with van der Waals surface area (Å²) in [4.78, 5) is 39.5. The Hall–Kier alpha value is -4.85. The number of aryl methyl sites for hydroxylation is 1. The molecule has 0 bridgehead atoms. The smallest absolute Gasteiger partial charge is 0.227 e. The van der Waals surface area contributed by atoms with Gasteiger partial charge in [-0.05, 0) is 48.6 Å². The number of rotatable bonds is 12. The number of benzene rings is 2. The van der Waals surface area contributed by atoms with Crippen LogP contribution in [0.1, 0.15) is 57.8 Å². The molecule has 2 aromatic heterocycles. The number of piperazine rings is 1. The second kappa shape index (κ2) is 16.3. The monoisotopic (exact) mass is 752 g/mol. The molecule has 2 aliphatic heterocycles. The van der Waals surface area contributed by atoms with Gasteiger partial charge >= 0.3 is 0 Å². The van der Waals surface area contributed by atoms with Crippen LogP contribution >= 0.6 is 11.3 Å². The van der Waals surface area contributed by atoms with E-state index in [1.807, 2.05) is 45.3 Å². The number of para-hydroxylation sites is 1. The number of aliphatic hydroxyl groups excluding tert-OH is 1. The zero-order chi connectivity index (χ0) is 38.7. The van der Waals surface area contributed by atoms with Crippen LogP contribution in [0.3, 0.4) is 0 Å². The Morgan fingerprint density at radius 3 is 2.43 bits per heavy atom. The van der Waals surface area contributed by atoms with Crippen molar-refractivity contribution in [2.45, 2.75) is 65.6 Å². The van der Waals surface area contributed by atoms with Gasteiger partial charge in [0.2, 0.25) is 5.91 Å². The van der Waals surface area contributed by atoms with Gasteiger partial charge in [-0.15, -0.1) is 21.5 Å². The molecular weight excluding hydrogens is 701 g/mol. The van der Waals surface area contributed by atoms with Crippen molar-refractivity contribution < 1.29 is 19.8 Å². The van der Waals surface area contributed by atoms with Gasteiger partial charge in [0.1, 0.15) is 11.5 Å².